The first-order valence-corrected chi connectivity index (χ1v) is 11.7. The van der Waals surface area contributed by atoms with Crippen molar-refractivity contribution in [3.63, 3.8) is 0 Å². The van der Waals surface area contributed by atoms with Gasteiger partial charge in [0.15, 0.2) is 10.8 Å². The van der Waals surface area contributed by atoms with Crippen LogP contribution in [-0.4, -0.2) is 45.1 Å². The van der Waals surface area contributed by atoms with Crippen LogP contribution in [0.15, 0.2) is 52.7 Å². The number of benzene rings is 1. The molecule has 1 amide bonds. The average molecular weight is 537 g/mol. The van der Waals surface area contributed by atoms with Gasteiger partial charge < -0.3 is 20.2 Å². The number of hydrogen-bond donors (Lipinski definition) is 2. The number of nitrogens with one attached hydrogen (secondary N) is 2. The number of amides is 1. The van der Waals surface area contributed by atoms with E-state index in [0.29, 0.717) is 38.6 Å². The maximum Gasteiger partial charge on any atom is 0.408 e. The summed E-state index contributed by atoms with van der Waals surface area (Å²) in [5.74, 6) is -0.256. The first kappa shape index (κ1) is 24.0. The smallest absolute Gasteiger partial charge is 0.408 e. The molecule has 0 radical (unpaired) electrons. The van der Waals surface area contributed by atoms with Gasteiger partial charge in [-0.05, 0) is 18.2 Å². The fourth-order valence-corrected chi connectivity index (χ4v) is 4.87. The predicted molar refractivity (Wildman–Crippen MR) is 124 cm³/mol. The highest BCUT2D eigenvalue weighted by atomic mass is 35.5. The van der Waals surface area contributed by atoms with Crippen LogP contribution in [-0.2, 0) is 9.53 Å². The summed E-state index contributed by atoms with van der Waals surface area (Å²) < 4.78 is 46.0. The molecule has 186 valence electrons. The number of alkyl carbamates (subject to hydrolysis) is 1. The Morgan fingerprint density at radius 3 is 2.81 bits per heavy atom. The molecule has 5 rings (SSSR count). The standard InChI is InChI=1S/C22H16ClF3N6O3S/c23-13-7-11(24)1-2-12(13)17-16(14-3-5-32(31-14)20(25)26)15(8-22(9-33)10-35-21(34)30-22)28-18(29-17)19-27-4-6-36-19/h1-7,9,17,20H,8,10H2,(H,28,29)(H,30,34)/t17-,22-/m0/s1. The van der Waals surface area contributed by atoms with E-state index in [2.05, 4.69) is 20.7 Å². The predicted octanol–water partition coefficient (Wildman–Crippen LogP) is 4.10. The lowest BCUT2D eigenvalue weighted by molar-refractivity contribution is -0.113. The van der Waals surface area contributed by atoms with Gasteiger partial charge in [0.2, 0.25) is 0 Å². The number of alkyl halides is 2. The Bertz CT molecular complexity index is 1390. The van der Waals surface area contributed by atoms with Crippen molar-refractivity contribution < 1.29 is 27.5 Å². The fraction of sp³-hybridized carbons (Fsp3) is 0.227. The number of hydrogen-bond acceptors (Lipinski definition) is 8. The second kappa shape index (κ2) is 9.39. The summed E-state index contributed by atoms with van der Waals surface area (Å²) in [5, 5.41) is 11.9. The van der Waals surface area contributed by atoms with Gasteiger partial charge >= 0.3 is 12.6 Å². The van der Waals surface area contributed by atoms with Crippen LogP contribution in [0.2, 0.25) is 5.02 Å². The third-order valence-corrected chi connectivity index (χ3v) is 6.74. The number of rotatable bonds is 7. The van der Waals surface area contributed by atoms with Gasteiger partial charge in [-0.3, -0.25) is 4.99 Å². The summed E-state index contributed by atoms with van der Waals surface area (Å²) in [5.41, 5.74) is -0.280. The van der Waals surface area contributed by atoms with E-state index >= 15 is 0 Å². The second-order valence-electron chi connectivity index (χ2n) is 8.01. The van der Waals surface area contributed by atoms with Crippen molar-refractivity contribution in [2.45, 2.75) is 24.6 Å². The van der Waals surface area contributed by atoms with Crippen molar-refractivity contribution in [2.75, 3.05) is 6.61 Å². The van der Waals surface area contributed by atoms with Gasteiger partial charge in [-0.2, -0.15) is 13.9 Å². The van der Waals surface area contributed by atoms with Crippen molar-refractivity contribution >= 4 is 46.7 Å². The molecule has 0 saturated carbocycles. The number of ether oxygens (including phenoxy) is 1. The molecular formula is C22H16ClF3N6O3S. The number of cyclic esters (lactones) is 1. The van der Waals surface area contributed by atoms with Gasteiger partial charge in [0.1, 0.15) is 30.3 Å². The van der Waals surface area contributed by atoms with Gasteiger partial charge in [0.25, 0.3) is 0 Å². The molecule has 3 aromatic rings. The normalized spacial score (nSPS) is 21.8. The Hall–Kier alpha value is -3.71. The van der Waals surface area contributed by atoms with Crippen LogP contribution in [0, 0.1) is 5.82 Å². The Morgan fingerprint density at radius 2 is 2.19 bits per heavy atom. The van der Waals surface area contributed by atoms with E-state index in [4.69, 9.17) is 21.3 Å². The lowest BCUT2D eigenvalue weighted by Gasteiger charge is -2.31. The SMILES string of the molecule is O=C[C@@]1(CC2=C(c3ccn(C(F)F)n3)[C@H](c3ccc(F)cc3Cl)N=C(c3nccs3)N2)COC(=O)N1. The van der Waals surface area contributed by atoms with Crippen LogP contribution in [0.25, 0.3) is 5.57 Å². The topological polar surface area (TPSA) is 110 Å². The zero-order valence-corrected chi connectivity index (χ0v) is 19.7. The number of aromatic nitrogens is 3. The molecule has 2 aliphatic heterocycles. The largest absolute Gasteiger partial charge is 0.447 e. The van der Waals surface area contributed by atoms with E-state index in [-0.39, 0.29) is 23.7 Å². The highest BCUT2D eigenvalue weighted by Crippen LogP contribution is 2.42. The molecule has 2 aliphatic rings. The molecule has 1 saturated heterocycles. The summed E-state index contributed by atoms with van der Waals surface area (Å²) in [6.07, 6.45) is 2.35. The molecular weight excluding hydrogens is 521 g/mol. The molecule has 36 heavy (non-hydrogen) atoms. The molecule has 2 N–H and O–H groups in total. The fourth-order valence-electron chi connectivity index (χ4n) is 4.01. The summed E-state index contributed by atoms with van der Waals surface area (Å²) in [4.78, 5) is 32.9. The molecule has 9 nitrogen and oxygen atoms in total. The Balaban J connectivity index is 1.71. The number of aliphatic imine (C=N–C) groups is 1. The molecule has 2 aromatic heterocycles. The third-order valence-electron chi connectivity index (χ3n) is 5.63. The zero-order chi connectivity index (χ0) is 25.4. The Morgan fingerprint density at radius 1 is 1.36 bits per heavy atom. The number of carbonyl (C=O) groups is 2. The van der Waals surface area contributed by atoms with E-state index in [0.717, 1.165) is 12.3 Å². The summed E-state index contributed by atoms with van der Waals surface area (Å²) in [7, 11) is 0. The van der Waals surface area contributed by atoms with E-state index in [9.17, 15) is 22.8 Å². The minimum absolute atomic E-state index is 0.0527. The molecule has 0 spiro atoms. The molecule has 1 fully saturated rings. The minimum Gasteiger partial charge on any atom is -0.447 e. The van der Waals surface area contributed by atoms with E-state index in [1.807, 2.05) is 0 Å². The molecule has 0 aliphatic carbocycles. The van der Waals surface area contributed by atoms with E-state index in [1.54, 1.807) is 11.6 Å². The highest BCUT2D eigenvalue weighted by molar-refractivity contribution is 7.11. The van der Waals surface area contributed by atoms with Gasteiger partial charge in [0.05, 0.1) is 5.69 Å². The van der Waals surface area contributed by atoms with Crippen LogP contribution >= 0.6 is 22.9 Å². The van der Waals surface area contributed by atoms with E-state index in [1.165, 1.54) is 29.5 Å². The number of amidine groups is 1. The van der Waals surface area contributed by atoms with Crippen LogP contribution in [0.3, 0.4) is 0 Å². The number of carbonyl (C=O) groups excluding carboxylic acids is 2. The van der Waals surface area contributed by atoms with Gasteiger partial charge in [-0.25, -0.2) is 18.9 Å². The maximum absolute atomic E-state index is 13.9. The van der Waals surface area contributed by atoms with Crippen LogP contribution in [0.5, 0.6) is 0 Å². The van der Waals surface area contributed by atoms with Crippen LogP contribution in [0.4, 0.5) is 18.0 Å². The first-order chi connectivity index (χ1) is 17.3. The third kappa shape index (κ3) is 4.46. The highest BCUT2D eigenvalue weighted by Gasteiger charge is 2.43. The second-order valence-corrected chi connectivity index (χ2v) is 9.31. The van der Waals surface area contributed by atoms with Crippen LogP contribution in [0.1, 0.15) is 35.3 Å². The summed E-state index contributed by atoms with van der Waals surface area (Å²) in [6, 6.07) is 4.19. The zero-order valence-electron chi connectivity index (χ0n) is 18.1. The van der Waals surface area contributed by atoms with Crippen molar-refractivity contribution in [3.8, 4) is 0 Å². The van der Waals surface area contributed by atoms with Gasteiger partial charge in [-0.15, -0.1) is 11.3 Å². The molecule has 4 heterocycles. The van der Waals surface area contributed by atoms with Crippen molar-refractivity contribution in [3.05, 3.63) is 74.8 Å². The number of nitrogens with zero attached hydrogens (tertiary/aromatic N) is 4. The van der Waals surface area contributed by atoms with Crippen molar-refractivity contribution in [2.24, 2.45) is 4.99 Å². The Labute approximate surface area is 210 Å². The van der Waals surface area contributed by atoms with Crippen LogP contribution < -0.4 is 10.6 Å². The first-order valence-electron chi connectivity index (χ1n) is 10.5. The lowest BCUT2D eigenvalue weighted by atomic mass is 9.87. The maximum atomic E-state index is 13.9. The number of halogens is 4. The molecule has 14 heteroatoms. The number of aldehydes is 1. The monoisotopic (exact) mass is 536 g/mol. The molecule has 1 aromatic carbocycles. The summed E-state index contributed by atoms with van der Waals surface area (Å²) in [6.45, 7) is -3.14. The van der Waals surface area contributed by atoms with Gasteiger partial charge in [-0.1, -0.05) is 17.7 Å². The van der Waals surface area contributed by atoms with Crippen molar-refractivity contribution in [1.29, 1.82) is 0 Å². The number of thiazole rings is 1. The summed E-state index contributed by atoms with van der Waals surface area (Å²) >= 11 is 7.68. The minimum atomic E-state index is -2.90. The molecule has 2 atom stereocenters. The van der Waals surface area contributed by atoms with Crippen molar-refractivity contribution in [1.82, 2.24) is 25.4 Å². The Kier molecular flexibility index (Phi) is 6.26. The van der Waals surface area contributed by atoms with E-state index < -0.39 is 30.0 Å². The average Bonchev–Trinajstić information content (AvgIpc) is 3.61. The van der Waals surface area contributed by atoms with Gasteiger partial charge in [0, 0.05) is 46.1 Å². The molecule has 0 unspecified atom stereocenters. The quantitative estimate of drug-likeness (QED) is 0.440. The lowest BCUT2D eigenvalue weighted by Crippen LogP contribution is -2.47. The molecule has 0 bridgehead atoms.